The second-order valence-corrected chi connectivity index (χ2v) is 3.67. The highest BCUT2D eigenvalue weighted by molar-refractivity contribution is 6.30. The van der Waals surface area contributed by atoms with E-state index in [-0.39, 0.29) is 11.6 Å². The lowest BCUT2D eigenvalue weighted by molar-refractivity contribution is -0.136. The van der Waals surface area contributed by atoms with Gasteiger partial charge < -0.3 is 9.47 Å². The second-order valence-electron chi connectivity index (χ2n) is 3.27. The Morgan fingerprint density at radius 3 is 2.82 bits per heavy atom. The van der Waals surface area contributed by atoms with Gasteiger partial charge in [-0.3, -0.25) is 0 Å². The minimum absolute atomic E-state index is 0.00355. The number of halogens is 2. The van der Waals surface area contributed by atoms with Gasteiger partial charge in [0.15, 0.2) is 0 Å². The average molecular weight is 259 g/mol. The molecule has 0 unspecified atom stereocenters. The molecule has 0 amide bonds. The van der Waals surface area contributed by atoms with Crippen molar-refractivity contribution in [2.45, 2.75) is 6.92 Å². The summed E-state index contributed by atoms with van der Waals surface area (Å²) in [4.78, 5) is 11.0. The zero-order chi connectivity index (χ0) is 12.8. The maximum Gasteiger partial charge on any atom is 0.333 e. The number of methoxy groups -OCH3 is 1. The smallest absolute Gasteiger partial charge is 0.333 e. The fourth-order valence-electron chi connectivity index (χ4n) is 1.07. The molecule has 3 nitrogen and oxygen atoms in total. The normalized spacial score (nSPS) is 11.2. The fourth-order valence-corrected chi connectivity index (χ4v) is 1.24. The maximum absolute atomic E-state index is 12.8. The Hall–Kier alpha value is -1.55. The van der Waals surface area contributed by atoms with Crippen LogP contribution in [-0.4, -0.2) is 19.7 Å². The molecule has 0 bridgehead atoms. The number of carbonyl (C=O) groups excluding carboxylic acids is 1. The summed E-state index contributed by atoms with van der Waals surface area (Å²) < 4.78 is 22.6. The largest absolute Gasteiger partial charge is 0.489 e. The van der Waals surface area contributed by atoms with Crippen molar-refractivity contribution in [3.8, 4) is 5.75 Å². The van der Waals surface area contributed by atoms with E-state index >= 15 is 0 Å². The zero-order valence-electron chi connectivity index (χ0n) is 9.50. The number of carbonyl (C=O) groups is 1. The molecular formula is C12H12ClFO3. The van der Waals surface area contributed by atoms with E-state index in [2.05, 4.69) is 4.74 Å². The summed E-state index contributed by atoms with van der Waals surface area (Å²) in [5.41, 5.74) is 0.445. The predicted octanol–water partition coefficient (Wildman–Crippen LogP) is 2.98. The van der Waals surface area contributed by atoms with Gasteiger partial charge >= 0.3 is 5.97 Å². The van der Waals surface area contributed by atoms with E-state index in [4.69, 9.17) is 16.3 Å². The van der Waals surface area contributed by atoms with Crippen LogP contribution in [0.25, 0.3) is 0 Å². The monoisotopic (exact) mass is 258 g/mol. The third-order valence-electron chi connectivity index (χ3n) is 2.04. The Balaban J connectivity index is 2.56. The third-order valence-corrected chi connectivity index (χ3v) is 2.33. The van der Waals surface area contributed by atoms with Crippen molar-refractivity contribution in [2.24, 2.45) is 0 Å². The molecule has 1 aromatic carbocycles. The van der Waals surface area contributed by atoms with Crippen LogP contribution < -0.4 is 4.74 Å². The predicted molar refractivity (Wildman–Crippen MR) is 62.7 cm³/mol. The summed E-state index contributed by atoms with van der Waals surface area (Å²) in [7, 11) is 1.31. The van der Waals surface area contributed by atoms with Gasteiger partial charge in [-0.1, -0.05) is 11.6 Å². The number of rotatable bonds is 4. The maximum atomic E-state index is 12.8. The first-order valence-electron chi connectivity index (χ1n) is 4.87. The molecule has 1 rings (SSSR count). The molecule has 0 aliphatic rings. The molecule has 0 atom stereocenters. The number of benzene rings is 1. The van der Waals surface area contributed by atoms with Crippen molar-refractivity contribution in [1.29, 1.82) is 0 Å². The lowest BCUT2D eigenvalue weighted by Gasteiger charge is -2.04. The first-order chi connectivity index (χ1) is 8.04. The van der Waals surface area contributed by atoms with Gasteiger partial charge in [0.1, 0.15) is 18.2 Å². The van der Waals surface area contributed by atoms with Crippen molar-refractivity contribution in [2.75, 3.05) is 13.7 Å². The number of ether oxygens (including phenoxy) is 2. The third kappa shape index (κ3) is 4.07. The molecule has 5 heteroatoms. The van der Waals surface area contributed by atoms with Crippen molar-refractivity contribution >= 4 is 17.6 Å². The van der Waals surface area contributed by atoms with Crippen molar-refractivity contribution in [3.05, 3.63) is 40.7 Å². The molecule has 0 fully saturated rings. The molecule has 0 aliphatic carbocycles. The second kappa shape index (κ2) is 6.25. The van der Waals surface area contributed by atoms with Crippen LogP contribution in [0.15, 0.2) is 29.8 Å². The van der Waals surface area contributed by atoms with Gasteiger partial charge in [0.25, 0.3) is 0 Å². The molecule has 1 aromatic rings. The molecule has 0 saturated carbocycles. The molecule has 0 radical (unpaired) electrons. The van der Waals surface area contributed by atoms with Gasteiger partial charge in [-0.2, -0.15) is 0 Å². The van der Waals surface area contributed by atoms with E-state index in [1.807, 2.05) is 0 Å². The van der Waals surface area contributed by atoms with E-state index in [1.54, 1.807) is 13.0 Å². The van der Waals surface area contributed by atoms with Crippen molar-refractivity contribution < 1.29 is 18.7 Å². The molecule has 0 aliphatic heterocycles. The number of esters is 1. The van der Waals surface area contributed by atoms with Crippen molar-refractivity contribution in [3.63, 3.8) is 0 Å². The van der Waals surface area contributed by atoms with E-state index < -0.39 is 11.8 Å². The standard InChI is InChI=1S/C12H12ClFO3/c1-8(12(15)16-2)5-6-17-9-3-4-11(14)10(13)7-9/h3-5,7H,6H2,1-2H3. The van der Waals surface area contributed by atoms with Crippen LogP contribution >= 0.6 is 11.6 Å². The summed E-state index contributed by atoms with van der Waals surface area (Å²) in [5.74, 6) is -0.476. The Kier molecular flexibility index (Phi) is 4.97. The van der Waals surface area contributed by atoms with Gasteiger partial charge in [-0.25, -0.2) is 9.18 Å². The van der Waals surface area contributed by atoms with Crippen LogP contribution in [-0.2, 0) is 9.53 Å². The van der Waals surface area contributed by atoms with Crippen molar-refractivity contribution in [1.82, 2.24) is 0 Å². The Morgan fingerprint density at radius 2 is 2.24 bits per heavy atom. The van der Waals surface area contributed by atoms with Gasteiger partial charge in [0.05, 0.1) is 12.1 Å². The quantitative estimate of drug-likeness (QED) is 0.615. The molecule has 0 heterocycles. The number of hydrogen-bond donors (Lipinski definition) is 0. The minimum Gasteiger partial charge on any atom is -0.489 e. The first kappa shape index (κ1) is 13.5. The lowest BCUT2D eigenvalue weighted by Crippen LogP contribution is -2.04. The number of hydrogen-bond acceptors (Lipinski definition) is 3. The van der Waals surface area contributed by atoms with E-state index in [0.717, 1.165) is 0 Å². The summed E-state index contributed by atoms with van der Waals surface area (Å²) in [6.45, 7) is 1.80. The molecular weight excluding hydrogens is 247 g/mol. The minimum atomic E-state index is -0.500. The van der Waals surface area contributed by atoms with Gasteiger partial charge in [0, 0.05) is 11.6 Å². The molecule has 17 heavy (non-hydrogen) atoms. The molecule has 0 spiro atoms. The highest BCUT2D eigenvalue weighted by atomic mass is 35.5. The fraction of sp³-hybridized carbons (Fsp3) is 0.250. The topological polar surface area (TPSA) is 35.5 Å². The summed E-state index contributed by atoms with van der Waals surface area (Å²) in [6, 6.07) is 4.05. The lowest BCUT2D eigenvalue weighted by atomic mass is 10.3. The van der Waals surface area contributed by atoms with Crippen LogP contribution in [0.5, 0.6) is 5.75 Å². The van der Waals surface area contributed by atoms with Gasteiger partial charge in [0.2, 0.25) is 0 Å². The van der Waals surface area contributed by atoms with E-state index in [1.165, 1.54) is 25.3 Å². The Bertz CT molecular complexity index is 443. The molecule has 0 N–H and O–H groups in total. The molecule has 92 valence electrons. The summed E-state index contributed by atoms with van der Waals surface area (Å²) in [6.07, 6.45) is 1.57. The van der Waals surface area contributed by atoms with Crippen LogP contribution in [0, 0.1) is 5.82 Å². The highest BCUT2D eigenvalue weighted by Crippen LogP contribution is 2.21. The average Bonchev–Trinajstić information content (AvgIpc) is 2.32. The highest BCUT2D eigenvalue weighted by Gasteiger charge is 2.03. The van der Waals surface area contributed by atoms with Crippen LogP contribution in [0.3, 0.4) is 0 Å². The zero-order valence-corrected chi connectivity index (χ0v) is 10.3. The van der Waals surface area contributed by atoms with E-state index in [0.29, 0.717) is 11.3 Å². The van der Waals surface area contributed by atoms with Crippen LogP contribution in [0.2, 0.25) is 5.02 Å². The summed E-state index contributed by atoms with van der Waals surface area (Å²) in [5, 5.41) is -0.00355. The SMILES string of the molecule is COC(=O)C(C)=CCOc1ccc(F)c(Cl)c1. The summed E-state index contributed by atoms with van der Waals surface area (Å²) >= 11 is 5.58. The first-order valence-corrected chi connectivity index (χ1v) is 5.25. The Labute approximate surface area is 104 Å². The van der Waals surface area contributed by atoms with Gasteiger partial charge in [-0.15, -0.1) is 0 Å². The van der Waals surface area contributed by atoms with Crippen LogP contribution in [0.1, 0.15) is 6.92 Å². The molecule has 0 saturated heterocycles. The van der Waals surface area contributed by atoms with Gasteiger partial charge in [-0.05, 0) is 25.1 Å². The van der Waals surface area contributed by atoms with Crippen LogP contribution in [0.4, 0.5) is 4.39 Å². The Morgan fingerprint density at radius 1 is 1.53 bits per heavy atom. The van der Waals surface area contributed by atoms with E-state index in [9.17, 15) is 9.18 Å². The molecule has 0 aromatic heterocycles.